The summed E-state index contributed by atoms with van der Waals surface area (Å²) in [4.78, 5) is 75.7. The van der Waals surface area contributed by atoms with Crippen LogP contribution >= 0.6 is 0 Å². The topological polar surface area (TPSA) is 247 Å². The number of aliphatic hydroxyl groups is 2. The first-order valence-electron chi connectivity index (χ1n) is 15.3. The van der Waals surface area contributed by atoms with Crippen LogP contribution in [0.3, 0.4) is 0 Å². The number of nitrogens with zero attached hydrogens (tertiary/aromatic N) is 2. The molecule has 1 aliphatic rings. The number of carbonyl (C=O) groups excluding carboxylic acids is 5. The first-order valence-corrected chi connectivity index (χ1v) is 15.3. The summed E-state index contributed by atoms with van der Waals surface area (Å²) in [7, 11) is 0. The molecule has 1 amide bonds. The number of halogens is 2. The molecule has 4 unspecified atom stereocenters. The van der Waals surface area contributed by atoms with Gasteiger partial charge < -0.3 is 48.1 Å². The molecule has 0 radical (unpaired) electrons. The first kappa shape index (κ1) is 41.2. The van der Waals surface area contributed by atoms with Crippen molar-refractivity contribution in [3.05, 3.63) is 52.6 Å². The number of amides is 1. The standard InChI is InChI=1S/C31H37F2N3O16/c1-15(38)45-13-22-25(48-16(2)39)26(49-17(3)40)27(50-18(4)41)29(52-22)51-20-7-5-19(6-8-20)12-46-31(44)35-23-9-10-36(30(43)34-23)14-47-21(11-37)24(42)28(32)33/h5-10,21-22,24-29,37,42H,11-14H2,1-4H3,(H,34,35,43,44)/t21-,22?,24?,25+,26?,27?,29-/m1/s1. The van der Waals surface area contributed by atoms with Crippen molar-refractivity contribution in [3.63, 3.8) is 0 Å². The Morgan fingerprint density at radius 1 is 0.904 bits per heavy atom. The summed E-state index contributed by atoms with van der Waals surface area (Å²) in [6.07, 6.45) is -13.9. The van der Waals surface area contributed by atoms with Gasteiger partial charge in [0.25, 0.3) is 6.43 Å². The lowest BCUT2D eigenvalue weighted by atomic mass is 9.98. The number of nitrogens with one attached hydrogen (secondary N) is 1. The van der Waals surface area contributed by atoms with Gasteiger partial charge in [-0.05, 0) is 23.8 Å². The van der Waals surface area contributed by atoms with Crippen LogP contribution in [0.5, 0.6) is 5.75 Å². The van der Waals surface area contributed by atoms with E-state index in [-0.39, 0.29) is 18.2 Å². The molecule has 1 aromatic heterocycles. The van der Waals surface area contributed by atoms with Crippen LogP contribution in [-0.4, -0.2) is 112 Å². The quantitative estimate of drug-likeness (QED) is 0.156. The number of alkyl halides is 2. The predicted molar refractivity (Wildman–Crippen MR) is 165 cm³/mol. The Kier molecular flexibility index (Phi) is 15.3. The molecule has 3 rings (SSSR count). The second kappa shape index (κ2) is 19.4. The fraction of sp³-hybridized carbons (Fsp3) is 0.516. The van der Waals surface area contributed by atoms with E-state index in [1.54, 1.807) is 0 Å². The Morgan fingerprint density at radius 3 is 2.08 bits per heavy atom. The molecule has 1 saturated heterocycles. The van der Waals surface area contributed by atoms with Crippen molar-refractivity contribution in [2.45, 2.75) is 90.4 Å². The van der Waals surface area contributed by atoms with E-state index in [0.29, 0.717) is 5.56 Å². The number of esters is 4. The lowest BCUT2D eigenvalue weighted by Crippen LogP contribution is -2.63. The van der Waals surface area contributed by atoms with Gasteiger partial charge >= 0.3 is 35.7 Å². The van der Waals surface area contributed by atoms with Gasteiger partial charge in [0.15, 0.2) is 12.2 Å². The Morgan fingerprint density at radius 2 is 1.52 bits per heavy atom. The maximum absolute atomic E-state index is 12.7. The highest BCUT2D eigenvalue weighted by Crippen LogP contribution is 2.31. The molecule has 1 aliphatic heterocycles. The number of aliphatic hydroxyl groups excluding tert-OH is 2. The number of benzene rings is 1. The van der Waals surface area contributed by atoms with Gasteiger partial charge in [0.1, 0.15) is 49.8 Å². The van der Waals surface area contributed by atoms with E-state index in [9.17, 15) is 42.7 Å². The number of ether oxygens (including phenoxy) is 8. The number of rotatable bonds is 16. The van der Waals surface area contributed by atoms with Crippen molar-refractivity contribution in [1.29, 1.82) is 0 Å². The molecular weight excluding hydrogens is 708 g/mol. The van der Waals surface area contributed by atoms with Crippen LogP contribution in [0.2, 0.25) is 0 Å². The Hall–Kier alpha value is -5.25. The predicted octanol–water partition coefficient (Wildman–Crippen LogP) is 0.415. The summed E-state index contributed by atoms with van der Waals surface area (Å²) < 4.78 is 69.2. The molecule has 7 atom stereocenters. The number of hydrogen-bond acceptors (Lipinski definition) is 17. The molecule has 19 nitrogen and oxygen atoms in total. The first-order chi connectivity index (χ1) is 24.6. The highest BCUT2D eigenvalue weighted by Gasteiger charge is 2.53. The van der Waals surface area contributed by atoms with Crippen molar-refractivity contribution < 1.29 is 80.9 Å². The molecule has 21 heteroatoms. The lowest BCUT2D eigenvalue weighted by molar-refractivity contribution is -0.288. The molecule has 0 spiro atoms. The number of anilines is 1. The normalized spacial score (nSPS) is 20.9. The van der Waals surface area contributed by atoms with Crippen molar-refractivity contribution in [2.75, 3.05) is 18.5 Å². The highest BCUT2D eigenvalue weighted by molar-refractivity contribution is 5.83. The van der Waals surface area contributed by atoms with Gasteiger partial charge in [-0.15, -0.1) is 0 Å². The van der Waals surface area contributed by atoms with Gasteiger partial charge in [0.05, 0.1) is 6.61 Å². The van der Waals surface area contributed by atoms with Crippen molar-refractivity contribution in [3.8, 4) is 5.75 Å². The van der Waals surface area contributed by atoms with Gasteiger partial charge in [0, 0.05) is 33.9 Å². The van der Waals surface area contributed by atoms with Crippen LogP contribution in [0.15, 0.2) is 41.3 Å². The minimum absolute atomic E-state index is 0.136. The summed E-state index contributed by atoms with van der Waals surface area (Å²) >= 11 is 0. The smallest absolute Gasteiger partial charge is 0.413 e. The maximum atomic E-state index is 12.7. The van der Waals surface area contributed by atoms with Gasteiger partial charge in [-0.3, -0.25) is 29.1 Å². The molecule has 2 heterocycles. The Labute approximate surface area is 293 Å². The Balaban J connectivity index is 1.65. The zero-order chi connectivity index (χ0) is 38.5. The third-order valence-electron chi connectivity index (χ3n) is 6.84. The SMILES string of the molecule is CC(=O)OCC1O[C@@H](Oc2ccc(COC(=O)Nc3ccn(CO[C@H](CO)C(O)C(F)F)c(=O)n3)cc2)C(OC(C)=O)C(OC(C)=O)[C@H]1OC(C)=O. The molecule has 2 aromatic rings. The van der Waals surface area contributed by atoms with E-state index < -0.39 is 105 Å². The summed E-state index contributed by atoms with van der Waals surface area (Å²) in [5, 5.41) is 20.7. The van der Waals surface area contributed by atoms with Crippen molar-refractivity contribution in [1.82, 2.24) is 9.55 Å². The van der Waals surface area contributed by atoms with Gasteiger partial charge in [-0.1, -0.05) is 12.1 Å². The van der Waals surface area contributed by atoms with Gasteiger partial charge in [0.2, 0.25) is 12.4 Å². The molecule has 1 fully saturated rings. The third kappa shape index (κ3) is 12.5. The van der Waals surface area contributed by atoms with Crippen LogP contribution in [0, 0.1) is 0 Å². The minimum atomic E-state index is -3.19. The molecule has 52 heavy (non-hydrogen) atoms. The van der Waals surface area contributed by atoms with E-state index in [2.05, 4.69) is 10.3 Å². The van der Waals surface area contributed by atoms with Crippen molar-refractivity contribution >= 4 is 35.8 Å². The second-order valence-electron chi connectivity index (χ2n) is 10.9. The fourth-order valence-corrected chi connectivity index (χ4v) is 4.57. The zero-order valence-corrected chi connectivity index (χ0v) is 28.2. The molecule has 0 saturated carbocycles. The van der Waals surface area contributed by atoms with E-state index >= 15 is 0 Å². The molecule has 0 aliphatic carbocycles. The van der Waals surface area contributed by atoms with Gasteiger partial charge in [-0.2, -0.15) is 4.98 Å². The van der Waals surface area contributed by atoms with E-state index in [0.717, 1.165) is 38.5 Å². The van der Waals surface area contributed by atoms with Crippen LogP contribution in [0.25, 0.3) is 0 Å². The van der Waals surface area contributed by atoms with Crippen LogP contribution in [0.4, 0.5) is 19.4 Å². The van der Waals surface area contributed by atoms with E-state index in [4.69, 9.17) is 43.0 Å². The van der Waals surface area contributed by atoms with Gasteiger partial charge in [-0.25, -0.2) is 18.4 Å². The maximum Gasteiger partial charge on any atom is 0.413 e. The van der Waals surface area contributed by atoms with E-state index in [1.165, 1.54) is 30.3 Å². The number of aromatic nitrogens is 2. The van der Waals surface area contributed by atoms with Crippen LogP contribution in [-0.2, 0) is 65.7 Å². The highest BCUT2D eigenvalue weighted by atomic mass is 19.3. The lowest BCUT2D eigenvalue weighted by Gasteiger charge is -2.43. The number of hydrogen-bond donors (Lipinski definition) is 3. The summed E-state index contributed by atoms with van der Waals surface area (Å²) in [6.45, 7) is 2.11. The third-order valence-corrected chi connectivity index (χ3v) is 6.84. The second-order valence-corrected chi connectivity index (χ2v) is 10.9. The zero-order valence-electron chi connectivity index (χ0n) is 28.2. The summed E-state index contributed by atoms with van der Waals surface area (Å²) in [5.41, 5.74) is -0.498. The molecule has 3 N–H and O–H groups in total. The molecule has 1 aromatic carbocycles. The van der Waals surface area contributed by atoms with Crippen molar-refractivity contribution in [2.24, 2.45) is 0 Å². The molecule has 286 valence electrons. The fourth-order valence-electron chi connectivity index (χ4n) is 4.57. The Bertz CT molecular complexity index is 1610. The van der Waals surface area contributed by atoms with Crippen LogP contribution in [0.1, 0.15) is 33.3 Å². The average Bonchev–Trinajstić information content (AvgIpc) is 3.06. The number of carbonyl (C=O) groups is 5. The summed E-state index contributed by atoms with van der Waals surface area (Å²) in [5.74, 6) is -3.18. The monoisotopic (exact) mass is 745 g/mol. The average molecular weight is 746 g/mol. The summed E-state index contributed by atoms with van der Waals surface area (Å²) in [6, 6.07) is 7.06. The minimum Gasteiger partial charge on any atom is -0.463 e. The van der Waals surface area contributed by atoms with Crippen LogP contribution < -0.4 is 15.7 Å². The largest absolute Gasteiger partial charge is 0.463 e. The van der Waals surface area contributed by atoms with E-state index in [1.807, 2.05) is 0 Å². The molecule has 0 bridgehead atoms. The molecular formula is C31H37F2N3O16.